The molecular weight excluding hydrogens is 402 g/mol. The van der Waals surface area contributed by atoms with Gasteiger partial charge in [0, 0.05) is 25.1 Å². The number of rotatable bonds is 7. The molecule has 0 saturated carbocycles. The van der Waals surface area contributed by atoms with Crippen molar-refractivity contribution < 1.29 is 9.53 Å². The number of hydrogen-bond acceptors (Lipinski definition) is 6. The Hall–Kier alpha value is -3.20. The molecule has 0 aliphatic rings. The third-order valence-electron chi connectivity index (χ3n) is 4.78. The minimum Gasteiger partial charge on any atom is -0.497 e. The Morgan fingerprint density at radius 2 is 1.97 bits per heavy atom. The average molecular weight is 426 g/mol. The topological polar surface area (TPSA) is 90.5 Å². The summed E-state index contributed by atoms with van der Waals surface area (Å²) in [5, 5.41) is 13.3. The van der Waals surface area contributed by atoms with Gasteiger partial charge in [-0.2, -0.15) is 0 Å². The molecule has 0 spiro atoms. The molecule has 3 heterocycles. The van der Waals surface area contributed by atoms with E-state index in [9.17, 15) is 9.59 Å². The Morgan fingerprint density at radius 3 is 2.67 bits per heavy atom. The van der Waals surface area contributed by atoms with Gasteiger partial charge >= 0.3 is 0 Å². The lowest BCUT2D eigenvalue weighted by atomic mass is 10.2. The highest BCUT2D eigenvalue weighted by Gasteiger charge is 2.18. The van der Waals surface area contributed by atoms with Crippen LogP contribution in [0.5, 0.6) is 5.75 Å². The Labute approximate surface area is 177 Å². The second-order valence-corrected chi connectivity index (χ2v) is 8.39. The van der Waals surface area contributed by atoms with Crippen molar-refractivity contribution in [3.63, 3.8) is 0 Å². The summed E-state index contributed by atoms with van der Waals surface area (Å²) in [6.45, 7) is 4.68. The summed E-state index contributed by atoms with van der Waals surface area (Å²) in [5.41, 5.74) is 1.45. The van der Waals surface area contributed by atoms with E-state index in [1.165, 1.54) is 11.3 Å². The highest BCUT2D eigenvalue weighted by molar-refractivity contribution is 7.17. The number of amides is 1. The van der Waals surface area contributed by atoms with Crippen molar-refractivity contribution in [2.75, 3.05) is 12.4 Å². The van der Waals surface area contributed by atoms with E-state index in [1.807, 2.05) is 15.8 Å². The van der Waals surface area contributed by atoms with Crippen molar-refractivity contribution in [1.29, 1.82) is 0 Å². The average Bonchev–Trinajstić information content (AvgIpc) is 3.37. The van der Waals surface area contributed by atoms with Gasteiger partial charge in [-0.25, -0.2) is 0 Å². The van der Waals surface area contributed by atoms with E-state index in [2.05, 4.69) is 29.4 Å². The van der Waals surface area contributed by atoms with Crippen molar-refractivity contribution in [2.24, 2.45) is 5.92 Å². The number of hydrogen-bond donors (Lipinski definition) is 1. The lowest BCUT2D eigenvalue weighted by molar-refractivity contribution is -0.116. The first-order valence-corrected chi connectivity index (χ1v) is 10.6. The Balaban J connectivity index is 1.59. The summed E-state index contributed by atoms with van der Waals surface area (Å²) < 4.78 is 9.38. The number of benzene rings is 1. The second-order valence-electron chi connectivity index (χ2n) is 7.47. The van der Waals surface area contributed by atoms with Crippen LogP contribution >= 0.6 is 11.3 Å². The summed E-state index contributed by atoms with van der Waals surface area (Å²) in [7, 11) is 1.60. The van der Waals surface area contributed by atoms with Crippen LogP contribution in [0.3, 0.4) is 0 Å². The van der Waals surface area contributed by atoms with Gasteiger partial charge in [-0.3, -0.25) is 18.6 Å². The first kappa shape index (κ1) is 20.1. The molecule has 1 aromatic carbocycles. The van der Waals surface area contributed by atoms with Crippen LogP contribution in [-0.2, 0) is 17.8 Å². The number of ether oxygens (including phenoxy) is 1. The monoisotopic (exact) mass is 425 g/mol. The molecule has 0 atom stereocenters. The minimum absolute atomic E-state index is 0.0441. The smallest absolute Gasteiger partial charge is 0.272 e. The number of anilines is 1. The van der Waals surface area contributed by atoms with Gasteiger partial charge in [0.25, 0.3) is 5.56 Å². The maximum Gasteiger partial charge on any atom is 0.272 e. The zero-order chi connectivity index (χ0) is 21.3. The summed E-state index contributed by atoms with van der Waals surface area (Å²) in [4.78, 5) is 25.3. The van der Waals surface area contributed by atoms with E-state index >= 15 is 0 Å². The highest BCUT2D eigenvalue weighted by Crippen LogP contribution is 2.21. The molecule has 8 nitrogen and oxygen atoms in total. The number of thiophene rings is 1. The third-order valence-corrected chi connectivity index (χ3v) is 5.67. The third kappa shape index (κ3) is 3.80. The van der Waals surface area contributed by atoms with E-state index in [0.717, 1.165) is 11.3 Å². The number of aromatic nitrogens is 4. The highest BCUT2D eigenvalue weighted by atomic mass is 32.1. The standard InChI is InChI=1S/C21H23N5O3S/c1-13(2)12-25-20(28)19-16(10-11-30-19)26-17(23-24-21(25)26)8-9-18(27)22-14-4-6-15(29-3)7-5-14/h4-7,10-11,13H,8-9,12H2,1-3H3,(H,22,27). The molecule has 3 aromatic heterocycles. The predicted molar refractivity (Wildman–Crippen MR) is 117 cm³/mol. The number of methoxy groups -OCH3 is 1. The van der Waals surface area contributed by atoms with Crippen molar-refractivity contribution in [3.05, 3.63) is 51.9 Å². The van der Waals surface area contributed by atoms with E-state index in [4.69, 9.17) is 4.74 Å². The number of nitrogens with one attached hydrogen (secondary N) is 1. The molecule has 0 fully saturated rings. The van der Waals surface area contributed by atoms with Crippen LogP contribution in [0.2, 0.25) is 0 Å². The van der Waals surface area contributed by atoms with E-state index in [1.54, 1.807) is 35.9 Å². The minimum atomic E-state index is -0.117. The van der Waals surface area contributed by atoms with E-state index in [-0.39, 0.29) is 17.9 Å². The summed E-state index contributed by atoms with van der Waals surface area (Å²) in [6, 6.07) is 9.08. The fraction of sp³-hybridized carbons (Fsp3) is 0.333. The Bertz CT molecular complexity index is 1250. The molecule has 0 aliphatic heterocycles. The molecule has 0 unspecified atom stereocenters. The maximum atomic E-state index is 12.9. The fourth-order valence-corrected chi connectivity index (χ4v) is 4.22. The van der Waals surface area contributed by atoms with Crippen LogP contribution in [0.15, 0.2) is 40.5 Å². The SMILES string of the molecule is COc1ccc(NC(=O)CCc2nnc3n(CC(C)C)c(=O)c4sccc4n23)cc1. The summed E-state index contributed by atoms with van der Waals surface area (Å²) >= 11 is 1.41. The molecule has 4 rings (SSSR count). The molecule has 30 heavy (non-hydrogen) atoms. The molecular formula is C21H23N5O3S. The van der Waals surface area contributed by atoms with E-state index < -0.39 is 0 Å². The molecule has 1 amide bonds. The zero-order valence-corrected chi connectivity index (χ0v) is 17.9. The molecule has 0 radical (unpaired) electrons. The predicted octanol–water partition coefficient (Wildman–Crippen LogP) is 3.34. The number of aryl methyl sites for hydroxylation is 1. The number of nitrogens with zero attached hydrogens (tertiary/aromatic N) is 4. The molecule has 156 valence electrons. The van der Waals surface area contributed by atoms with Gasteiger partial charge in [0.05, 0.1) is 12.6 Å². The van der Waals surface area contributed by atoms with Gasteiger partial charge in [0.2, 0.25) is 11.7 Å². The van der Waals surface area contributed by atoms with Crippen LogP contribution in [0, 0.1) is 5.92 Å². The fourth-order valence-electron chi connectivity index (χ4n) is 3.40. The first-order valence-electron chi connectivity index (χ1n) is 9.76. The number of carbonyl (C=O) groups excluding carboxylic acids is 1. The molecule has 4 aromatic rings. The van der Waals surface area contributed by atoms with Crippen molar-refractivity contribution in [1.82, 2.24) is 19.2 Å². The van der Waals surface area contributed by atoms with Gasteiger partial charge < -0.3 is 10.1 Å². The first-order chi connectivity index (χ1) is 14.5. The van der Waals surface area contributed by atoms with Gasteiger partial charge in [-0.15, -0.1) is 21.5 Å². The van der Waals surface area contributed by atoms with Crippen LogP contribution in [0.4, 0.5) is 5.69 Å². The van der Waals surface area contributed by atoms with Gasteiger partial charge in [-0.1, -0.05) is 13.8 Å². The number of fused-ring (bicyclic) bond motifs is 3. The van der Waals surface area contributed by atoms with Crippen molar-refractivity contribution in [2.45, 2.75) is 33.2 Å². The Morgan fingerprint density at radius 1 is 1.20 bits per heavy atom. The van der Waals surface area contributed by atoms with E-state index in [0.29, 0.717) is 40.9 Å². The largest absolute Gasteiger partial charge is 0.497 e. The second kappa shape index (κ2) is 8.27. The number of carbonyl (C=O) groups is 1. The lowest BCUT2D eigenvalue weighted by Crippen LogP contribution is -2.24. The summed E-state index contributed by atoms with van der Waals surface area (Å²) in [5.74, 6) is 2.09. The lowest BCUT2D eigenvalue weighted by Gasteiger charge is -2.11. The van der Waals surface area contributed by atoms with Crippen LogP contribution in [0.25, 0.3) is 16.0 Å². The molecule has 0 bridgehead atoms. The van der Waals surface area contributed by atoms with Crippen LogP contribution in [-0.4, -0.2) is 32.2 Å². The quantitative estimate of drug-likeness (QED) is 0.490. The normalized spacial score (nSPS) is 11.5. The van der Waals surface area contributed by atoms with Gasteiger partial charge in [0.15, 0.2) is 0 Å². The molecule has 0 saturated heterocycles. The van der Waals surface area contributed by atoms with Crippen molar-refractivity contribution >= 4 is 38.9 Å². The molecule has 0 aliphatic carbocycles. The van der Waals surface area contributed by atoms with Crippen LogP contribution < -0.4 is 15.6 Å². The van der Waals surface area contributed by atoms with Crippen LogP contribution in [0.1, 0.15) is 26.1 Å². The van der Waals surface area contributed by atoms with Gasteiger partial charge in [0.1, 0.15) is 16.3 Å². The van der Waals surface area contributed by atoms with Gasteiger partial charge in [-0.05, 0) is 41.6 Å². The molecule has 1 N–H and O–H groups in total. The molecule has 9 heteroatoms. The maximum absolute atomic E-state index is 12.9. The zero-order valence-electron chi connectivity index (χ0n) is 17.1. The summed E-state index contributed by atoms with van der Waals surface area (Å²) in [6.07, 6.45) is 0.662. The Kier molecular flexibility index (Phi) is 5.54. The van der Waals surface area contributed by atoms with Crippen molar-refractivity contribution in [3.8, 4) is 5.75 Å².